The second-order valence-electron chi connectivity index (χ2n) is 5.32. The second-order valence-corrected chi connectivity index (χ2v) is 5.76. The maximum Gasteiger partial charge on any atom is 0.224 e. The molecule has 0 radical (unpaired) electrons. The van der Waals surface area contributed by atoms with Crippen LogP contribution in [0.2, 0.25) is 0 Å². The Bertz CT molecular complexity index is 310. The molecule has 0 heterocycles. The highest BCUT2D eigenvalue weighted by molar-refractivity contribution is 7.80. The maximum absolute atomic E-state index is 12.0. The molecule has 2 atom stereocenters. The molecule has 0 aromatic carbocycles. The van der Waals surface area contributed by atoms with Crippen LogP contribution in [0.1, 0.15) is 45.4 Å². The Hall–Kier alpha value is -0.640. The molecular weight excluding hydrogens is 220 g/mol. The summed E-state index contributed by atoms with van der Waals surface area (Å²) in [4.78, 5) is 12.4. The Morgan fingerprint density at radius 1 is 1.38 bits per heavy atom. The average molecular weight is 240 g/mol. The molecule has 0 aliphatic heterocycles. The summed E-state index contributed by atoms with van der Waals surface area (Å²) in [6, 6.07) is 0. The van der Waals surface area contributed by atoms with E-state index in [4.69, 9.17) is 18.0 Å². The molecule has 3 N–H and O–H groups in total. The molecule has 1 amide bonds. The first-order valence-corrected chi connectivity index (χ1v) is 6.58. The third-order valence-electron chi connectivity index (χ3n) is 3.99. The zero-order valence-corrected chi connectivity index (χ0v) is 10.6. The molecule has 16 heavy (non-hydrogen) atoms. The standard InChI is InChI=1S/C12H20N2OS/c1-8-7-9(8)10(15)14-12(11(13)16)5-3-2-4-6-12/h8-9H,2-7H2,1H3,(H2,13,16)(H,14,15). The molecule has 2 saturated carbocycles. The predicted octanol–water partition coefficient (Wildman–Crippen LogP) is 1.75. The van der Waals surface area contributed by atoms with Gasteiger partial charge in [0.2, 0.25) is 5.91 Å². The van der Waals surface area contributed by atoms with Crippen LogP contribution in [-0.2, 0) is 4.79 Å². The summed E-state index contributed by atoms with van der Waals surface area (Å²) < 4.78 is 0. The lowest BCUT2D eigenvalue weighted by atomic mass is 9.81. The molecule has 0 bridgehead atoms. The fourth-order valence-corrected chi connectivity index (χ4v) is 2.86. The largest absolute Gasteiger partial charge is 0.391 e. The van der Waals surface area contributed by atoms with Gasteiger partial charge in [-0.05, 0) is 25.2 Å². The normalized spacial score (nSPS) is 31.8. The minimum atomic E-state index is -0.382. The van der Waals surface area contributed by atoms with Gasteiger partial charge in [-0.1, -0.05) is 38.4 Å². The molecule has 0 aromatic rings. The molecule has 2 fully saturated rings. The zero-order chi connectivity index (χ0) is 11.8. The quantitative estimate of drug-likeness (QED) is 0.739. The van der Waals surface area contributed by atoms with Gasteiger partial charge in [-0.15, -0.1) is 0 Å². The van der Waals surface area contributed by atoms with Gasteiger partial charge in [0.25, 0.3) is 0 Å². The second kappa shape index (κ2) is 4.32. The Morgan fingerprint density at radius 2 is 1.94 bits per heavy atom. The number of rotatable bonds is 3. The van der Waals surface area contributed by atoms with Gasteiger partial charge in [-0.3, -0.25) is 4.79 Å². The summed E-state index contributed by atoms with van der Waals surface area (Å²) in [7, 11) is 0. The van der Waals surface area contributed by atoms with Crippen LogP contribution < -0.4 is 11.1 Å². The fraction of sp³-hybridized carbons (Fsp3) is 0.833. The van der Waals surface area contributed by atoms with Crippen LogP contribution in [0.4, 0.5) is 0 Å². The van der Waals surface area contributed by atoms with Crippen molar-refractivity contribution in [2.24, 2.45) is 17.6 Å². The molecule has 90 valence electrons. The van der Waals surface area contributed by atoms with Crippen molar-refractivity contribution in [3.63, 3.8) is 0 Å². The van der Waals surface area contributed by atoms with E-state index >= 15 is 0 Å². The van der Waals surface area contributed by atoms with Crippen LogP contribution in [-0.4, -0.2) is 16.4 Å². The molecule has 2 unspecified atom stereocenters. The highest BCUT2D eigenvalue weighted by Crippen LogP contribution is 2.39. The Morgan fingerprint density at radius 3 is 2.38 bits per heavy atom. The summed E-state index contributed by atoms with van der Waals surface area (Å²) in [6.07, 6.45) is 6.28. The molecule has 3 nitrogen and oxygen atoms in total. The van der Waals surface area contributed by atoms with Gasteiger partial charge < -0.3 is 11.1 Å². The van der Waals surface area contributed by atoms with Gasteiger partial charge in [0, 0.05) is 5.92 Å². The van der Waals surface area contributed by atoms with Crippen molar-refractivity contribution < 1.29 is 4.79 Å². The number of amides is 1. The van der Waals surface area contributed by atoms with Crippen LogP contribution in [0.5, 0.6) is 0 Å². The minimum Gasteiger partial charge on any atom is -0.391 e. The van der Waals surface area contributed by atoms with E-state index in [1.54, 1.807) is 0 Å². The number of hydrogen-bond acceptors (Lipinski definition) is 2. The summed E-state index contributed by atoms with van der Waals surface area (Å²) in [6.45, 7) is 2.11. The number of nitrogens with two attached hydrogens (primary N) is 1. The minimum absolute atomic E-state index is 0.155. The van der Waals surface area contributed by atoms with Crippen LogP contribution >= 0.6 is 12.2 Å². The summed E-state index contributed by atoms with van der Waals surface area (Å²) in [5.74, 6) is 0.891. The third kappa shape index (κ3) is 2.21. The summed E-state index contributed by atoms with van der Waals surface area (Å²) in [5, 5.41) is 3.12. The lowest BCUT2D eigenvalue weighted by Crippen LogP contribution is -2.58. The molecule has 0 spiro atoms. The average Bonchev–Trinajstić information content (AvgIpc) is 2.97. The van der Waals surface area contributed by atoms with Crippen molar-refractivity contribution in [2.45, 2.75) is 51.0 Å². The van der Waals surface area contributed by atoms with Crippen LogP contribution in [0, 0.1) is 11.8 Å². The number of carbonyl (C=O) groups excluding carboxylic acids is 1. The van der Waals surface area contributed by atoms with E-state index in [1.165, 1.54) is 6.42 Å². The van der Waals surface area contributed by atoms with E-state index in [-0.39, 0.29) is 17.4 Å². The Kier molecular flexibility index (Phi) is 3.19. The SMILES string of the molecule is CC1CC1C(=O)NC1(C(N)=S)CCCCC1. The van der Waals surface area contributed by atoms with E-state index in [9.17, 15) is 4.79 Å². The Labute approximate surface area is 102 Å². The third-order valence-corrected chi connectivity index (χ3v) is 4.38. The number of hydrogen-bond donors (Lipinski definition) is 2. The first kappa shape index (κ1) is 11.8. The molecule has 2 aliphatic rings. The summed E-state index contributed by atoms with van der Waals surface area (Å²) in [5.41, 5.74) is 5.44. The lowest BCUT2D eigenvalue weighted by Gasteiger charge is -2.37. The lowest BCUT2D eigenvalue weighted by molar-refractivity contribution is -0.124. The zero-order valence-electron chi connectivity index (χ0n) is 9.79. The molecule has 4 heteroatoms. The van der Waals surface area contributed by atoms with E-state index in [0.717, 1.165) is 32.1 Å². The van der Waals surface area contributed by atoms with E-state index in [0.29, 0.717) is 10.9 Å². The monoisotopic (exact) mass is 240 g/mol. The molecule has 2 aliphatic carbocycles. The molecule has 2 rings (SSSR count). The van der Waals surface area contributed by atoms with E-state index in [1.807, 2.05) is 0 Å². The fourth-order valence-electron chi connectivity index (χ4n) is 2.60. The highest BCUT2D eigenvalue weighted by atomic mass is 32.1. The first-order chi connectivity index (χ1) is 7.55. The van der Waals surface area contributed by atoms with Gasteiger partial charge in [-0.25, -0.2) is 0 Å². The summed E-state index contributed by atoms with van der Waals surface area (Å²) >= 11 is 5.15. The van der Waals surface area contributed by atoms with Crippen molar-refractivity contribution in [3.05, 3.63) is 0 Å². The smallest absolute Gasteiger partial charge is 0.224 e. The van der Waals surface area contributed by atoms with Crippen molar-refractivity contribution in [2.75, 3.05) is 0 Å². The van der Waals surface area contributed by atoms with Crippen LogP contribution in [0.3, 0.4) is 0 Å². The van der Waals surface area contributed by atoms with Crippen molar-refractivity contribution >= 4 is 23.1 Å². The molecule has 0 saturated heterocycles. The van der Waals surface area contributed by atoms with E-state index < -0.39 is 0 Å². The number of thiocarbonyl (C=S) groups is 1. The topological polar surface area (TPSA) is 55.1 Å². The number of nitrogens with one attached hydrogen (secondary N) is 1. The van der Waals surface area contributed by atoms with Crippen molar-refractivity contribution in [1.29, 1.82) is 0 Å². The van der Waals surface area contributed by atoms with Gasteiger partial charge >= 0.3 is 0 Å². The number of carbonyl (C=O) groups is 1. The van der Waals surface area contributed by atoms with Crippen molar-refractivity contribution in [3.8, 4) is 0 Å². The molecule has 0 aromatic heterocycles. The Balaban J connectivity index is 2.02. The van der Waals surface area contributed by atoms with Gasteiger partial charge in [-0.2, -0.15) is 0 Å². The highest BCUT2D eigenvalue weighted by Gasteiger charge is 2.44. The van der Waals surface area contributed by atoms with Gasteiger partial charge in [0.05, 0.1) is 10.5 Å². The maximum atomic E-state index is 12.0. The van der Waals surface area contributed by atoms with E-state index in [2.05, 4.69) is 12.2 Å². The van der Waals surface area contributed by atoms with Gasteiger partial charge in [0.1, 0.15) is 0 Å². The van der Waals surface area contributed by atoms with Crippen molar-refractivity contribution in [1.82, 2.24) is 5.32 Å². The predicted molar refractivity (Wildman–Crippen MR) is 68.0 cm³/mol. The van der Waals surface area contributed by atoms with Gasteiger partial charge in [0.15, 0.2) is 0 Å². The van der Waals surface area contributed by atoms with Crippen LogP contribution in [0.15, 0.2) is 0 Å². The molecular formula is C12H20N2OS. The first-order valence-electron chi connectivity index (χ1n) is 6.17. The van der Waals surface area contributed by atoms with Crippen LogP contribution in [0.25, 0.3) is 0 Å².